The monoisotopic (exact) mass is 213 g/mol. The molecule has 0 fully saturated rings. The van der Waals surface area contributed by atoms with Crippen molar-refractivity contribution in [3.05, 3.63) is 23.4 Å². The van der Waals surface area contributed by atoms with Crippen molar-refractivity contribution >= 4 is 11.6 Å². The number of hydrogen-bond acceptors (Lipinski definition) is 2. The Kier molecular flexibility index (Phi) is 4.74. The molecule has 0 saturated carbocycles. The van der Waals surface area contributed by atoms with E-state index in [9.17, 15) is 0 Å². The van der Waals surface area contributed by atoms with Crippen LogP contribution in [0.15, 0.2) is 18.2 Å². The summed E-state index contributed by atoms with van der Waals surface area (Å²) in [6.07, 6.45) is 3.44. The Bertz CT molecular complexity index is 278. The van der Waals surface area contributed by atoms with Crippen molar-refractivity contribution in [2.75, 3.05) is 0 Å². The van der Waals surface area contributed by atoms with Gasteiger partial charge >= 0.3 is 0 Å². The maximum atomic E-state index is 5.76. The van der Waals surface area contributed by atoms with E-state index in [0.717, 1.165) is 19.3 Å². The molecule has 1 unspecified atom stereocenters. The second kappa shape index (κ2) is 5.86. The van der Waals surface area contributed by atoms with Crippen molar-refractivity contribution in [1.82, 2.24) is 4.98 Å². The number of hydrogen-bond donors (Lipinski definition) is 0. The molecule has 1 aromatic rings. The number of aromatic nitrogens is 1. The van der Waals surface area contributed by atoms with E-state index >= 15 is 0 Å². The van der Waals surface area contributed by atoms with Crippen LogP contribution in [0.1, 0.15) is 33.1 Å². The fourth-order valence-corrected chi connectivity index (χ4v) is 1.45. The predicted molar refractivity (Wildman–Crippen MR) is 58.9 cm³/mol. The molecule has 1 atom stereocenters. The van der Waals surface area contributed by atoms with Crippen LogP contribution in [0.3, 0.4) is 0 Å². The molecule has 0 bridgehead atoms. The number of halogens is 1. The number of pyridine rings is 1. The highest BCUT2D eigenvalue weighted by Crippen LogP contribution is 2.15. The molecular weight excluding hydrogens is 198 g/mol. The fraction of sp³-hybridized carbons (Fsp3) is 0.545. The summed E-state index contributed by atoms with van der Waals surface area (Å²) < 4.78 is 5.69. The third kappa shape index (κ3) is 3.54. The lowest BCUT2D eigenvalue weighted by Crippen LogP contribution is -2.15. The average molecular weight is 214 g/mol. The zero-order valence-corrected chi connectivity index (χ0v) is 9.42. The van der Waals surface area contributed by atoms with E-state index in [4.69, 9.17) is 16.3 Å². The molecule has 0 aliphatic heterocycles. The van der Waals surface area contributed by atoms with Crippen molar-refractivity contribution < 1.29 is 4.74 Å². The third-order valence-corrected chi connectivity index (χ3v) is 2.25. The van der Waals surface area contributed by atoms with Gasteiger partial charge in [0.15, 0.2) is 0 Å². The summed E-state index contributed by atoms with van der Waals surface area (Å²) in [4.78, 5) is 4.09. The van der Waals surface area contributed by atoms with Gasteiger partial charge in [0.2, 0.25) is 5.88 Å². The molecule has 78 valence electrons. The van der Waals surface area contributed by atoms with Crippen LogP contribution in [0.4, 0.5) is 0 Å². The Morgan fingerprint density at radius 1 is 1.43 bits per heavy atom. The highest BCUT2D eigenvalue weighted by Gasteiger charge is 2.07. The minimum Gasteiger partial charge on any atom is -0.474 e. The lowest BCUT2D eigenvalue weighted by Gasteiger charge is -2.15. The van der Waals surface area contributed by atoms with Gasteiger partial charge in [-0.3, -0.25) is 0 Å². The molecule has 0 N–H and O–H groups in total. The van der Waals surface area contributed by atoms with Crippen LogP contribution in [0.2, 0.25) is 5.15 Å². The minimum atomic E-state index is 0.256. The second-order valence-electron chi connectivity index (χ2n) is 3.24. The van der Waals surface area contributed by atoms with Crippen LogP contribution in [-0.2, 0) is 0 Å². The SMILES string of the molecule is CCCC(CC)Oc1cccc(Cl)n1. The summed E-state index contributed by atoms with van der Waals surface area (Å²) in [6.45, 7) is 4.27. The first-order valence-electron chi connectivity index (χ1n) is 5.05. The lowest BCUT2D eigenvalue weighted by molar-refractivity contribution is 0.178. The van der Waals surface area contributed by atoms with Gasteiger partial charge in [-0.25, -0.2) is 4.98 Å². The Morgan fingerprint density at radius 2 is 2.21 bits per heavy atom. The number of rotatable bonds is 5. The summed E-state index contributed by atoms with van der Waals surface area (Å²) in [6, 6.07) is 5.43. The summed E-state index contributed by atoms with van der Waals surface area (Å²) in [5.41, 5.74) is 0. The van der Waals surface area contributed by atoms with Crippen LogP contribution in [0, 0.1) is 0 Å². The van der Waals surface area contributed by atoms with Gasteiger partial charge in [-0.1, -0.05) is 37.9 Å². The molecule has 1 rings (SSSR count). The van der Waals surface area contributed by atoms with Gasteiger partial charge in [-0.2, -0.15) is 0 Å². The van der Waals surface area contributed by atoms with Gasteiger partial charge in [-0.15, -0.1) is 0 Å². The molecule has 0 aromatic carbocycles. The molecule has 0 spiro atoms. The van der Waals surface area contributed by atoms with Gasteiger partial charge in [0.25, 0.3) is 0 Å². The zero-order chi connectivity index (χ0) is 10.4. The van der Waals surface area contributed by atoms with E-state index < -0.39 is 0 Å². The smallest absolute Gasteiger partial charge is 0.214 e. The highest BCUT2D eigenvalue weighted by atomic mass is 35.5. The Hall–Kier alpha value is -0.760. The summed E-state index contributed by atoms with van der Waals surface area (Å²) >= 11 is 5.76. The van der Waals surface area contributed by atoms with Crippen molar-refractivity contribution in [3.8, 4) is 5.88 Å². The molecule has 0 saturated heterocycles. The Labute approximate surface area is 90.3 Å². The Morgan fingerprint density at radius 3 is 2.79 bits per heavy atom. The standard InChI is InChI=1S/C11H16ClNO/c1-3-6-9(4-2)14-11-8-5-7-10(12)13-11/h5,7-9H,3-4,6H2,1-2H3. The molecule has 1 heterocycles. The summed E-state index contributed by atoms with van der Waals surface area (Å²) in [7, 11) is 0. The Balaban J connectivity index is 2.57. The minimum absolute atomic E-state index is 0.256. The number of ether oxygens (including phenoxy) is 1. The first kappa shape index (κ1) is 11.3. The van der Waals surface area contributed by atoms with E-state index in [-0.39, 0.29) is 6.10 Å². The predicted octanol–water partition coefficient (Wildman–Crippen LogP) is 3.69. The van der Waals surface area contributed by atoms with Gasteiger partial charge in [0.1, 0.15) is 11.3 Å². The lowest BCUT2D eigenvalue weighted by atomic mass is 10.2. The normalized spacial score (nSPS) is 12.5. The summed E-state index contributed by atoms with van der Waals surface area (Å²) in [5, 5.41) is 0.480. The van der Waals surface area contributed by atoms with Crippen molar-refractivity contribution in [2.24, 2.45) is 0 Å². The number of nitrogens with zero attached hydrogens (tertiary/aromatic N) is 1. The van der Waals surface area contributed by atoms with Crippen molar-refractivity contribution in [2.45, 2.75) is 39.2 Å². The molecular formula is C11H16ClNO. The zero-order valence-electron chi connectivity index (χ0n) is 8.66. The molecule has 0 radical (unpaired) electrons. The summed E-state index contributed by atoms with van der Waals surface area (Å²) in [5.74, 6) is 0.623. The maximum absolute atomic E-state index is 5.76. The topological polar surface area (TPSA) is 22.1 Å². The van der Waals surface area contributed by atoms with E-state index in [1.165, 1.54) is 0 Å². The average Bonchev–Trinajstić information content (AvgIpc) is 2.17. The van der Waals surface area contributed by atoms with Crippen LogP contribution < -0.4 is 4.74 Å². The molecule has 2 nitrogen and oxygen atoms in total. The highest BCUT2D eigenvalue weighted by molar-refractivity contribution is 6.29. The first-order chi connectivity index (χ1) is 6.76. The van der Waals surface area contributed by atoms with Crippen LogP contribution in [-0.4, -0.2) is 11.1 Å². The molecule has 14 heavy (non-hydrogen) atoms. The van der Waals surface area contributed by atoms with Gasteiger partial charge in [-0.05, 0) is 18.9 Å². The molecule has 0 aliphatic carbocycles. The molecule has 3 heteroatoms. The van der Waals surface area contributed by atoms with Gasteiger partial charge in [0.05, 0.1) is 0 Å². The molecule has 0 amide bonds. The van der Waals surface area contributed by atoms with Crippen LogP contribution >= 0.6 is 11.6 Å². The fourth-order valence-electron chi connectivity index (χ4n) is 1.29. The molecule has 1 aromatic heterocycles. The van der Waals surface area contributed by atoms with E-state index in [1.807, 2.05) is 12.1 Å². The van der Waals surface area contributed by atoms with E-state index in [0.29, 0.717) is 11.0 Å². The van der Waals surface area contributed by atoms with Crippen LogP contribution in [0.5, 0.6) is 5.88 Å². The van der Waals surface area contributed by atoms with Gasteiger partial charge in [0, 0.05) is 6.07 Å². The van der Waals surface area contributed by atoms with E-state index in [1.54, 1.807) is 6.07 Å². The quantitative estimate of drug-likeness (QED) is 0.696. The van der Waals surface area contributed by atoms with E-state index in [2.05, 4.69) is 18.8 Å². The molecule has 0 aliphatic rings. The largest absolute Gasteiger partial charge is 0.474 e. The van der Waals surface area contributed by atoms with Crippen LogP contribution in [0.25, 0.3) is 0 Å². The first-order valence-corrected chi connectivity index (χ1v) is 5.43. The van der Waals surface area contributed by atoms with Crippen molar-refractivity contribution in [1.29, 1.82) is 0 Å². The van der Waals surface area contributed by atoms with Gasteiger partial charge < -0.3 is 4.74 Å². The third-order valence-electron chi connectivity index (χ3n) is 2.04. The maximum Gasteiger partial charge on any atom is 0.214 e. The second-order valence-corrected chi connectivity index (χ2v) is 3.62. The van der Waals surface area contributed by atoms with Crippen molar-refractivity contribution in [3.63, 3.8) is 0 Å².